The third-order valence-corrected chi connectivity index (χ3v) is 2.49. The molecule has 0 saturated heterocycles. The summed E-state index contributed by atoms with van der Waals surface area (Å²) >= 11 is 0. The van der Waals surface area contributed by atoms with E-state index in [1.54, 1.807) is 24.3 Å². The highest BCUT2D eigenvalue weighted by Gasteiger charge is 2.17. The van der Waals surface area contributed by atoms with Crippen LogP contribution in [0.4, 0.5) is 0 Å². The van der Waals surface area contributed by atoms with Gasteiger partial charge in [0.1, 0.15) is 0 Å². The Labute approximate surface area is 107 Å². The number of rotatable bonds is 6. The van der Waals surface area contributed by atoms with Gasteiger partial charge >= 0.3 is 0 Å². The number of benzene rings is 1. The summed E-state index contributed by atoms with van der Waals surface area (Å²) in [7, 11) is 0. The van der Waals surface area contributed by atoms with Gasteiger partial charge in [0.05, 0.1) is 0 Å². The summed E-state index contributed by atoms with van der Waals surface area (Å²) in [4.78, 5) is 16.9. The van der Waals surface area contributed by atoms with E-state index in [1.165, 1.54) is 0 Å². The molecule has 0 aliphatic heterocycles. The lowest BCUT2D eigenvalue weighted by Crippen LogP contribution is -2.40. The fraction of sp³-hybridized carbons (Fsp3) is 0.357. The lowest BCUT2D eigenvalue weighted by molar-refractivity contribution is -0.00209. The number of hydroxylamine groups is 1. The van der Waals surface area contributed by atoms with Gasteiger partial charge in [0, 0.05) is 11.6 Å². The summed E-state index contributed by atoms with van der Waals surface area (Å²) in [5.74, 6) is 2.10. The maximum atomic E-state index is 11.7. The average molecular weight is 246 g/mol. The van der Waals surface area contributed by atoms with Gasteiger partial charge in [-0.15, -0.1) is 6.42 Å². The fourth-order valence-electron chi connectivity index (χ4n) is 1.50. The molecule has 3 N–H and O–H groups in total. The van der Waals surface area contributed by atoms with Crippen molar-refractivity contribution in [1.29, 1.82) is 0 Å². The van der Waals surface area contributed by atoms with Gasteiger partial charge in [0.15, 0.2) is 6.10 Å². The molecule has 2 atom stereocenters. The molecule has 1 rings (SSSR count). The van der Waals surface area contributed by atoms with Crippen LogP contribution in [0.15, 0.2) is 30.3 Å². The Morgan fingerprint density at radius 2 is 2.17 bits per heavy atom. The quantitative estimate of drug-likeness (QED) is 0.590. The van der Waals surface area contributed by atoms with Crippen LogP contribution in [0.5, 0.6) is 0 Å². The minimum Gasteiger partial charge on any atom is -0.325 e. The van der Waals surface area contributed by atoms with Crippen molar-refractivity contribution in [1.82, 2.24) is 5.48 Å². The number of nitrogens with two attached hydrogens (primary N) is 1. The van der Waals surface area contributed by atoms with Gasteiger partial charge in [0.25, 0.3) is 5.91 Å². The van der Waals surface area contributed by atoms with Crippen molar-refractivity contribution in [3.63, 3.8) is 0 Å². The minimum absolute atomic E-state index is 0.281. The molecule has 0 saturated carbocycles. The summed E-state index contributed by atoms with van der Waals surface area (Å²) in [6.45, 7) is 2.01. The van der Waals surface area contributed by atoms with Crippen LogP contribution in [0, 0.1) is 12.3 Å². The van der Waals surface area contributed by atoms with Crippen molar-refractivity contribution in [2.24, 2.45) is 5.73 Å². The predicted molar refractivity (Wildman–Crippen MR) is 70.5 cm³/mol. The van der Waals surface area contributed by atoms with Crippen molar-refractivity contribution < 1.29 is 9.63 Å². The number of carbonyl (C=O) groups is 1. The third kappa shape index (κ3) is 4.21. The standard InChI is InChI=1S/C14H18N2O2/c1-3-8-12(15)13(4-2)18-16-14(17)11-9-6-5-7-10-11/h2,5-7,9-10,12-13H,3,8,15H2,1H3,(H,16,17). The van der Waals surface area contributed by atoms with E-state index in [1.807, 2.05) is 13.0 Å². The van der Waals surface area contributed by atoms with Gasteiger partial charge in [-0.1, -0.05) is 37.5 Å². The molecule has 0 aromatic heterocycles. The molecule has 2 unspecified atom stereocenters. The van der Waals surface area contributed by atoms with E-state index in [4.69, 9.17) is 17.0 Å². The van der Waals surface area contributed by atoms with Crippen LogP contribution in [0.25, 0.3) is 0 Å². The second-order valence-electron chi connectivity index (χ2n) is 3.95. The normalized spacial score (nSPS) is 13.4. The number of amides is 1. The molecule has 18 heavy (non-hydrogen) atoms. The molecule has 4 nitrogen and oxygen atoms in total. The van der Waals surface area contributed by atoms with Gasteiger partial charge in [0.2, 0.25) is 0 Å². The SMILES string of the molecule is C#CC(ONC(=O)c1ccccc1)C(N)CCC. The van der Waals surface area contributed by atoms with Gasteiger partial charge < -0.3 is 5.73 Å². The molecule has 1 aromatic carbocycles. The van der Waals surface area contributed by atoms with Crippen molar-refractivity contribution in [2.45, 2.75) is 31.9 Å². The zero-order valence-electron chi connectivity index (χ0n) is 10.4. The Balaban J connectivity index is 2.49. The second kappa shape index (κ2) is 7.49. The van der Waals surface area contributed by atoms with Crippen LogP contribution in [0.1, 0.15) is 30.1 Å². The summed E-state index contributed by atoms with van der Waals surface area (Å²) in [6, 6.07) is 8.48. The zero-order chi connectivity index (χ0) is 13.4. The molecule has 0 bridgehead atoms. The lowest BCUT2D eigenvalue weighted by Gasteiger charge is -2.18. The first kappa shape index (κ1) is 14.2. The molecule has 4 heteroatoms. The summed E-state index contributed by atoms with van der Waals surface area (Å²) < 4.78 is 0. The highest BCUT2D eigenvalue weighted by atomic mass is 16.7. The van der Waals surface area contributed by atoms with Crippen LogP contribution in [0.3, 0.4) is 0 Å². The average Bonchev–Trinajstić information content (AvgIpc) is 2.40. The van der Waals surface area contributed by atoms with E-state index in [0.29, 0.717) is 5.56 Å². The Kier molecular flexibility index (Phi) is 5.92. The Morgan fingerprint density at radius 1 is 1.50 bits per heavy atom. The number of terminal acetylenes is 1. The van der Waals surface area contributed by atoms with Crippen molar-refractivity contribution in [2.75, 3.05) is 0 Å². The third-order valence-electron chi connectivity index (χ3n) is 2.49. The molecule has 96 valence electrons. The molecule has 0 spiro atoms. The monoisotopic (exact) mass is 246 g/mol. The first-order chi connectivity index (χ1) is 8.69. The van der Waals surface area contributed by atoms with E-state index in [0.717, 1.165) is 12.8 Å². The second-order valence-corrected chi connectivity index (χ2v) is 3.95. The molecule has 0 fully saturated rings. The largest absolute Gasteiger partial charge is 0.325 e. The highest BCUT2D eigenvalue weighted by Crippen LogP contribution is 2.03. The molecule has 0 radical (unpaired) electrons. The van der Waals surface area contributed by atoms with Crippen molar-refractivity contribution >= 4 is 5.91 Å². The summed E-state index contributed by atoms with van der Waals surface area (Å²) in [6.07, 6.45) is 6.37. The van der Waals surface area contributed by atoms with Crippen molar-refractivity contribution in [3.8, 4) is 12.3 Å². The van der Waals surface area contributed by atoms with Crippen LogP contribution in [-0.4, -0.2) is 18.1 Å². The van der Waals surface area contributed by atoms with Crippen molar-refractivity contribution in [3.05, 3.63) is 35.9 Å². The van der Waals surface area contributed by atoms with Crippen LogP contribution < -0.4 is 11.2 Å². The molecular weight excluding hydrogens is 228 g/mol. The molecule has 0 heterocycles. The lowest BCUT2D eigenvalue weighted by atomic mass is 10.1. The summed E-state index contributed by atoms with van der Waals surface area (Å²) in [5, 5.41) is 0. The Morgan fingerprint density at radius 3 is 2.72 bits per heavy atom. The number of carbonyl (C=O) groups excluding carboxylic acids is 1. The highest BCUT2D eigenvalue weighted by molar-refractivity contribution is 5.93. The Hall–Kier alpha value is -1.83. The predicted octanol–water partition coefficient (Wildman–Crippen LogP) is 1.48. The number of hydrogen-bond acceptors (Lipinski definition) is 3. The number of hydrogen-bond donors (Lipinski definition) is 2. The van der Waals surface area contributed by atoms with Gasteiger partial charge in [-0.05, 0) is 18.6 Å². The van der Waals surface area contributed by atoms with E-state index < -0.39 is 6.10 Å². The first-order valence-electron chi connectivity index (χ1n) is 5.91. The molecule has 0 aliphatic carbocycles. The molecule has 1 amide bonds. The van der Waals surface area contributed by atoms with Crippen LogP contribution >= 0.6 is 0 Å². The smallest absolute Gasteiger partial charge is 0.274 e. The molecular formula is C14H18N2O2. The number of nitrogens with one attached hydrogen (secondary N) is 1. The van der Waals surface area contributed by atoms with E-state index in [9.17, 15) is 4.79 Å². The van der Waals surface area contributed by atoms with Crippen LogP contribution in [0.2, 0.25) is 0 Å². The zero-order valence-corrected chi connectivity index (χ0v) is 10.4. The maximum Gasteiger partial charge on any atom is 0.274 e. The van der Waals surface area contributed by atoms with Gasteiger partial charge in [-0.3, -0.25) is 9.63 Å². The topological polar surface area (TPSA) is 64.3 Å². The minimum atomic E-state index is -0.613. The first-order valence-corrected chi connectivity index (χ1v) is 5.91. The maximum absolute atomic E-state index is 11.7. The van der Waals surface area contributed by atoms with Gasteiger partial charge in [-0.2, -0.15) is 0 Å². The molecule has 0 aliphatic rings. The Bertz CT molecular complexity index is 412. The van der Waals surface area contributed by atoms with Crippen LogP contribution in [-0.2, 0) is 4.84 Å². The van der Waals surface area contributed by atoms with E-state index in [-0.39, 0.29) is 11.9 Å². The summed E-state index contributed by atoms with van der Waals surface area (Å²) in [5.41, 5.74) is 8.68. The molecule has 1 aromatic rings. The van der Waals surface area contributed by atoms with E-state index in [2.05, 4.69) is 11.4 Å². The fourth-order valence-corrected chi connectivity index (χ4v) is 1.50. The van der Waals surface area contributed by atoms with E-state index >= 15 is 0 Å². The van der Waals surface area contributed by atoms with Gasteiger partial charge in [-0.25, -0.2) is 5.48 Å².